The number of aliphatic carboxylic acids is 1. The number of carbonyl (C=O) groups is 2. The van der Waals surface area contributed by atoms with Crippen LogP contribution >= 0.6 is 0 Å². The first-order chi connectivity index (χ1) is 14.1. The molecule has 0 saturated carbocycles. The van der Waals surface area contributed by atoms with Crippen molar-refractivity contribution in [2.45, 2.75) is 6.54 Å². The molecule has 1 aliphatic heterocycles. The Morgan fingerprint density at radius 3 is 2.41 bits per heavy atom. The van der Waals surface area contributed by atoms with Gasteiger partial charge in [-0.3, -0.25) is 9.69 Å². The summed E-state index contributed by atoms with van der Waals surface area (Å²) in [6, 6.07) is 10.9. The lowest BCUT2D eigenvalue weighted by molar-refractivity contribution is -0.139. The quantitative estimate of drug-likeness (QED) is 0.628. The van der Waals surface area contributed by atoms with Crippen LogP contribution in [0.3, 0.4) is 0 Å². The zero-order valence-electron chi connectivity index (χ0n) is 16.0. The highest BCUT2D eigenvalue weighted by Gasteiger charge is 2.20. The molecule has 0 atom stereocenters. The second kappa shape index (κ2) is 8.10. The number of amides is 1. The van der Waals surface area contributed by atoms with Gasteiger partial charge in [-0.1, -0.05) is 12.1 Å². The molecule has 152 valence electrons. The number of nitrogens with zero attached hydrogens (tertiary/aromatic N) is 2. The van der Waals surface area contributed by atoms with Crippen molar-refractivity contribution in [2.75, 3.05) is 39.5 Å². The average molecular weight is 397 g/mol. The number of primary amides is 1. The van der Waals surface area contributed by atoms with Crippen molar-refractivity contribution >= 4 is 33.7 Å². The molecule has 3 aromatic rings. The van der Waals surface area contributed by atoms with Crippen LogP contribution in [0.15, 0.2) is 36.4 Å². The van der Waals surface area contributed by atoms with Gasteiger partial charge in [-0.05, 0) is 24.3 Å². The number of carboxylic acid groups (broad SMARTS) is 1. The van der Waals surface area contributed by atoms with E-state index in [9.17, 15) is 9.59 Å². The number of carbonyl (C=O) groups excluding carboxylic acids is 1. The lowest BCUT2D eigenvalue weighted by atomic mass is 10.1. The summed E-state index contributed by atoms with van der Waals surface area (Å²) in [7, 11) is 0. The normalized spacial score (nSPS) is 15.0. The Morgan fingerprint density at radius 1 is 1.03 bits per heavy atom. The van der Waals surface area contributed by atoms with E-state index >= 15 is 0 Å². The number of nitrogens with two attached hydrogens (primary N) is 1. The van der Waals surface area contributed by atoms with Gasteiger partial charge in [-0.2, -0.15) is 0 Å². The van der Waals surface area contributed by atoms with Gasteiger partial charge >= 0.3 is 5.97 Å². The molecule has 1 aromatic heterocycles. The average Bonchev–Trinajstić information content (AvgIpc) is 3.05. The van der Waals surface area contributed by atoms with Crippen molar-refractivity contribution in [3.63, 3.8) is 0 Å². The van der Waals surface area contributed by atoms with Gasteiger partial charge in [0.15, 0.2) is 6.61 Å². The van der Waals surface area contributed by atoms with Crippen LogP contribution in [-0.4, -0.2) is 65.9 Å². The Bertz CT molecular complexity index is 1070. The molecule has 0 radical (unpaired) electrons. The summed E-state index contributed by atoms with van der Waals surface area (Å²) < 4.78 is 13.1. The largest absolute Gasteiger partial charge is 0.481 e. The SMILES string of the molecule is NC(=O)c1cccc2c1c1c(OCC(=O)O)cccc1n2CCN1CCOCC1. The number of hydrogen-bond donors (Lipinski definition) is 2. The highest BCUT2D eigenvalue weighted by Crippen LogP contribution is 2.37. The molecule has 4 rings (SSSR count). The third-order valence-electron chi connectivity index (χ3n) is 5.24. The Balaban J connectivity index is 1.85. The van der Waals surface area contributed by atoms with Crippen LogP contribution in [0.1, 0.15) is 10.4 Å². The Kier molecular flexibility index (Phi) is 5.37. The van der Waals surface area contributed by atoms with Crippen LogP contribution in [0, 0.1) is 0 Å². The fourth-order valence-corrected chi connectivity index (χ4v) is 3.93. The third-order valence-corrected chi connectivity index (χ3v) is 5.24. The summed E-state index contributed by atoms with van der Waals surface area (Å²) in [5.41, 5.74) is 7.78. The Morgan fingerprint density at radius 2 is 1.72 bits per heavy atom. The lowest BCUT2D eigenvalue weighted by Gasteiger charge is -2.26. The molecule has 1 fully saturated rings. The number of hydrogen-bond acceptors (Lipinski definition) is 5. The van der Waals surface area contributed by atoms with Gasteiger partial charge in [-0.15, -0.1) is 0 Å². The topological polar surface area (TPSA) is 107 Å². The number of rotatable bonds is 7. The van der Waals surface area contributed by atoms with Gasteiger partial charge in [0.05, 0.1) is 29.6 Å². The van der Waals surface area contributed by atoms with Crippen LogP contribution in [0.5, 0.6) is 5.75 Å². The van der Waals surface area contributed by atoms with Gasteiger partial charge in [0.2, 0.25) is 5.91 Å². The zero-order chi connectivity index (χ0) is 20.4. The predicted molar refractivity (Wildman–Crippen MR) is 108 cm³/mol. The van der Waals surface area contributed by atoms with Crippen LogP contribution < -0.4 is 10.5 Å². The summed E-state index contributed by atoms with van der Waals surface area (Å²) in [4.78, 5) is 25.5. The van der Waals surface area contributed by atoms with Crippen molar-refractivity contribution in [1.82, 2.24) is 9.47 Å². The number of fused-ring (bicyclic) bond motifs is 3. The second-order valence-electron chi connectivity index (χ2n) is 7.00. The minimum absolute atomic E-state index is 0.393. The maximum atomic E-state index is 12.1. The van der Waals surface area contributed by atoms with E-state index in [4.69, 9.17) is 20.3 Å². The molecular weight excluding hydrogens is 374 g/mol. The Hall–Kier alpha value is -3.10. The molecule has 29 heavy (non-hydrogen) atoms. The maximum absolute atomic E-state index is 12.1. The summed E-state index contributed by atoms with van der Waals surface area (Å²) in [5, 5.41) is 10.4. The van der Waals surface area contributed by atoms with Crippen LogP contribution in [0.4, 0.5) is 0 Å². The number of ether oxygens (including phenoxy) is 2. The van der Waals surface area contributed by atoms with E-state index in [0.29, 0.717) is 28.6 Å². The molecule has 0 bridgehead atoms. The number of benzene rings is 2. The molecule has 8 heteroatoms. The van der Waals surface area contributed by atoms with Gasteiger partial charge in [0, 0.05) is 37.1 Å². The van der Waals surface area contributed by atoms with E-state index in [0.717, 1.165) is 43.9 Å². The molecule has 0 aliphatic carbocycles. The van der Waals surface area contributed by atoms with E-state index in [1.807, 2.05) is 24.3 Å². The fourth-order valence-electron chi connectivity index (χ4n) is 3.93. The minimum atomic E-state index is -1.06. The first-order valence-corrected chi connectivity index (χ1v) is 9.54. The van der Waals surface area contributed by atoms with E-state index < -0.39 is 18.5 Å². The standard InChI is InChI=1S/C21H23N3O5/c22-21(27)14-3-1-4-15-19(14)20-16(5-2-6-17(20)29-13-18(25)26)24(15)8-7-23-9-11-28-12-10-23/h1-6H,7-13H2,(H2,22,27)(H,25,26). The predicted octanol–water partition coefficient (Wildman–Crippen LogP) is 1.69. The molecule has 1 amide bonds. The van der Waals surface area contributed by atoms with Crippen LogP contribution in [-0.2, 0) is 16.1 Å². The van der Waals surface area contributed by atoms with Crippen molar-refractivity contribution in [3.8, 4) is 5.75 Å². The van der Waals surface area contributed by atoms with Gasteiger partial charge in [0.25, 0.3) is 0 Å². The molecular formula is C21H23N3O5. The minimum Gasteiger partial charge on any atom is -0.481 e. The molecule has 2 heterocycles. The maximum Gasteiger partial charge on any atom is 0.341 e. The van der Waals surface area contributed by atoms with E-state index in [2.05, 4.69) is 9.47 Å². The van der Waals surface area contributed by atoms with Gasteiger partial charge < -0.3 is 24.9 Å². The van der Waals surface area contributed by atoms with Crippen molar-refractivity contribution in [1.29, 1.82) is 0 Å². The van der Waals surface area contributed by atoms with Crippen LogP contribution in [0.2, 0.25) is 0 Å². The number of carboxylic acids is 1. The molecule has 8 nitrogen and oxygen atoms in total. The van der Waals surface area contributed by atoms with Crippen molar-refractivity contribution in [3.05, 3.63) is 42.0 Å². The van der Waals surface area contributed by atoms with E-state index in [1.54, 1.807) is 12.1 Å². The summed E-state index contributed by atoms with van der Waals surface area (Å²) in [6.45, 7) is 4.32. The first kappa shape index (κ1) is 19.2. The molecule has 3 N–H and O–H groups in total. The molecule has 1 saturated heterocycles. The van der Waals surface area contributed by atoms with Gasteiger partial charge in [-0.25, -0.2) is 4.79 Å². The van der Waals surface area contributed by atoms with Crippen molar-refractivity contribution < 1.29 is 24.2 Å². The Labute approximate surface area is 167 Å². The summed E-state index contributed by atoms with van der Waals surface area (Å²) in [6.07, 6.45) is 0. The second-order valence-corrected chi connectivity index (χ2v) is 7.00. The fraction of sp³-hybridized carbons (Fsp3) is 0.333. The van der Waals surface area contributed by atoms with Crippen LogP contribution in [0.25, 0.3) is 21.8 Å². The molecule has 0 spiro atoms. The third kappa shape index (κ3) is 3.76. The molecule has 0 unspecified atom stereocenters. The summed E-state index contributed by atoms with van der Waals surface area (Å²) >= 11 is 0. The van der Waals surface area contributed by atoms with E-state index in [1.165, 1.54) is 0 Å². The van der Waals surface area contributed by atoms with Crippen molar-refractivity contribution in [2.24, 2.45) is 5.73 Å². The monoisotopic (exact) mass is 397 g/mol. The smallest absolute Gasteiger partial charge is 0.341 e. The number of morpholine rings is 1. The highest BCUT2D eigenvalue weighted by molar-refractivity contribution is 6.19. The highest BCUT2D eigenvalue weighted by atomic mass is 16.5. The molecule has 1 aliphatic rings. The number of aromatic nitrogens is 1. The van der Waals surface area contributed by atoms with E-state index in [-0.39, 0.29) is 0 Å². The summed E-state index contributed by atoms with van der Waals surface area (Å²) in [5.74, 6) is -1.17. The molecule has 2 aromatic carbocycles. The zero-order valence-corrected chi connectivity index (χ0v) is 16.0. The lowest BCUT2D eigenvalue weighted by Crippen LogP contribution is -2.38. The first-order valence-electron chi connectivity index (χ1n) is 9.54. The van der Waals surface area contributed by atoms with Gasteiger partial charge in [0.1, 0.15) is 5.75 Å².